The molecule has 0 aliphatic heterocycles. The first-order valence-electron chi connectivity index (χ1n) is 5.59. The van der Waals surface area contributed by atoms with Crippen molar-refractivity contribution in [2.75, 3.05) is 16.6 Å². The van der Waals surface area contributed by atoms with Gasteiger partial charge in [-0.1, -0.05) is 0 Å². The summed E-state index contributed by atoms with van der Waals surface area (Å²) >= 11 is 0. The lowest BCUT2D eigenvalue weighted by Crippen LogP contribution is -2.14. The third kappa shape index (κ3) is 3.19. The third-order valence-electron chi connectivity index (χ3n) is 2.23. The van der Waals surface area contributed by atoms with Gasteiger partial charge in [-0.05, 0) is 6.92 Å². The summed E-state index contributed by atoms with van der Waals surface area (Å²) in [4.78, 5) is 7.82. The Balaban J connectivity index is 2.19. The second-order valence-corrected chi connectivity index (χ2v) is 5.44. The summed E-state index contributed by atoms with van der Waals surface area (Å²) in [6.07, 6.45) is 4.13. The number of hydrogen-bond donors (Lipinski definition) is 2. The zero-order chi connectivity index (χ0) is 13.9. The van der Waals surface area contributed by atoms with Crippen molar-refractivity contribution in [3.05, 3.63) is 24.7 Å². The fourth-order valence-electron chi connectivity index (χ4n) is 1.37. The van der Waals surface area contributed by atoms with Gasteiger partial charge in [0.15, 0.2) is 5.82 Å². The molecule has 2 aromatic heterocycles. The van der Waals surface area contributed by atoms with Crippen LogP contribution in [0.2, 0.25) is 0 Å². The number of hydrogen-bond acceptors (Lipinski definition) is 6. The van der Waals surface area contributed by atoms with E-state index in [1.54, 1.807) is 19.3 Å². The van der Waals surface area contributed by atoms with Crippen molar-refractivity contribution in [2.24, 2.45) is 7.05 Å². The zero-order valence-electron chi connectivity index (χ0n) is 10.5. The van der Waals surface area contributed by atoms with E-state index in [-0.39, 0.29) is 10.7 Å². The minimum Gasteiger partial charge on any atom is -0.355 e. The number of anilines is 2. The van der Waals surface area contributed by atoms with E-state index in [2.05, 4.69) is 25.1 Å². The summed E-state index contributed by atoms with van der Waals surface area (Å²) in [7, 11) is -2.01. The molecular formula is C10H14N6O2S. The summed E-state index contributed by atoms with van der Waals surface area (Å²) in [5, 5.41) is 6.83. The second kappa shape index (κ2) is 5.22. The SMILES string of the molecule is CCNc1ncc(S(=O)(=O)Nc2ccn(C)n2)cn1. The minimum absolute atomic E-state index is 0.0141. The van der Waals surface area contributed by atoms with Crippen molar-refractivity contribution >= 4 is 21.8 Å². The molecular weight excluding hydrogens is 268 g/mol. The maximum Gasteiger partial charge on any atom is 0.266 e. The highest BCUT2D eigenvalue weighted by Gasteiger charge is 2.16. The average Bonchev–Trinajstić information content (AvgIpc) is 2.75. The molecule has 9 heteroatoms. The minimum atomic E-state index is -3.71. The van der Waals surface area contributed by atoms with Crippen LogP contribution in [0, 0.1) is 0 Å². The maximum absolute atomic E-state index is 12.0. The standard InChI is InChI=1S/C10H14N6O2S/c1-3-11-10-12-6-8(7-13-10)19(17,18)15-9-4-5-16(2)14-9/h4-7H,3H2,1-2H3,(H,14,15)(H,11,12,13). The molecule has 0 saturated heterocycles. The molecule has 0 saturated carbocycles. The number of rotatable bonds is 5. The van der Waals surface area contributed by atoms with E-state index in [1.165, 1.54) is 17.1 Å². The highest BCUT2D eigenvalue weighted by molar-refractivity contribution is 7.92. The number of nitrogens with zero attached hydrogens (tertiary/aromatic N) is 4. The van der Waals surface area contributed by atoms with Crippen LogP contribution in [0.15, 0.2) is 29.6 Å². The first kappa shape index (κ1) is 13.3. The van der Waals surface area contributed by atoms with Crippen molar-refractivity contribution in [1.82, 2.24) is 19.7 Å². The van der Waals surface area contributed by atoms with Crippen LogP contribution in [0.25, 0.3) is 0 Å². The van der Waals surface area contributed by atoms with Crippen LogP contribution in [-0.2, 0) is 17.1 Å². The Labute approximate surface area is 110 Å². The van der Waals surface area contributed by atoms with E-state index in [0.717, 1.165) is 0 Å². The van der Waals surface area contributed by atoms with Crippen LogP contribution >= 0.6 is 0 Å². The Hall–Kier alpha value is -2.16. The molecule has 2 N–H and O–H groups in total. The van der Waals surface area contributed by atoms with E-state index < -0.39 is 10.0 Å². The second-order valence-electron chi connectivity index (χ2n) is 3.75. The quantitative estimate of drug-likeness (QED) is 0.825. The molecule has 0 aliphatic carbocycles. The number of nitrogens with one attached hydrogen (secondary N) is 2. The smallest absolute Gasteiger partial charge is 0.266 e. The molecule has 0 fully saturated rings. The molecule has 0 unspecified atom stereocenters. The molecule has 8 nitrogen and oxygen atoms in total. The van der Waals surface area contributed by atoms with Crippen LogP contribution in [0.1, 0.15) is 6.92 Å². The Bertz CT molecular complexity index is 649. The van der Waals surface area contributed by atoms with Gasteiger partial charge in [-0.15, -0.1) is 0 Å². The highest BCUT2D eigenvalue weighted by Crippen LogP contribution is 2.13. The lowest BCUT2D eigenvalue weighted by atomic mass is 10.6. The van der Waals surface area contributed by atoms with Crippen LogP contribution < -0.4 is 10.0 Å². The van der Waals surface area contributed by atoms with Gasteiger partial charge in [-0.2, -0.15) is 5.10 Å². The van der Waals surface area contributed by atoms with Gasteiger partial charge >= 0.3 is 0 Å². The fourth-order valence-corrected chi connectivity index (χ4v) is 2.26. The summed E-state index contributed by atoms with van der Waals surface area (Å²) in [6, 6.07) is 1.56. The Morgan fingerprint density at radius 2 is 2.00 bits per heavy atom. The zero-order valence-corrected chi connectivity index (χ0v) is 11.3. The molecule has 2 rings (SSSR count). The molecule has 0 bridgehead atoms. The van der Waals surface area contributed by atoms with E-state index in [9.17, 15) is 8.42 Å². The Morgan fingerprint density at radius 1 is 1.32 bits per heavy atom. The first-order valence-corrected chi connectivity index (χ1v) is 7.08. The highest BCUT2D eigenvalue weighted by atomic mass is 32.2. The average molecular weight is 282 g/mol. The van der Waals surface area contributed by atoms with Crippen LogP contribution in [0.3, 0.4) is 0 Å². The van der Waals surface area contributed by atoms with Gasteiger partial charge in [0.2, 0.25) is 5.95 Å². The van der Waals surface area contributed by atoms with Crippen LogP contribution in [0.5, 0.6) is 0 Å². The van der Waals surface area contributed by atoms with Crippen molar-refractivity contribution in [3.8, 4) is 0 Å². The molecule has 0 spiro atoms. The van der Waals surface area contributed by atoms with Gasteiger partial charge in [-0.25, -0.2) is 18.4 Å². The van der Waals surface area contributed by atoms with Gasteiger partial charge in [0.25, 0.3) is 10.0 Å². The Kier molecular flexibility index (Phi) is 3.65. The monoisotopic (exact) mass is 282 g/mol. The summed E-state index contributed by atoms with van der Waals surface area (Å²) < 4.78 is 27.9. The van der Waals surface area contributed by atoms with Crippen molar-refractivity contribution in [1.29, 1.82) is 0 Å². The van der Waals surface area contributed by atoms with Gasteiger partial charge in [-0.3, -0.25) is 9.40 Å². The number of aromatic nitrogens is 4. The molecule has 19 heavy (non-hydrogen) atoms. The lowest BCUT2D eigenvalue weighted by molar-refractivity contribution is 0.600. The van der Waals surface area contributed by atoms with Gasteiger partial charge in [0, 0.05) is 25.9 Å². The van der Waals surface area contributed by atoms with Gasteiger partial charge in [0.05, 0.1) is 12.4 Å². The van der Waals surface area contributed by atoms with E-state index in [0.29, 0.717) is 12.5 Å². The predicted molar refractivity (Wildman–Crippen MR) is 70.2 cm³/mol. The van der Waals surface area contributed by atoms with E-state index in [4.69, 9.17) is 0 Å². The topological polar surface area (TPSA) is 102 Å². The molecule has 2 aromatic rings. The molecule has 0 aromatic carbocycles. The Morgan fingerprint density at radius 3 is 2.53 bits per heavy atom. The largest absolute Gasteiger partial charge is 0.355 e. The fraction of sp³-hybridized carbons (Fsp3) is 0.300. The number of sulfonamides is 1. The molecule has 0 atom stereocenters. The predicted octanol–water partition coefficient (Wildman–Crippen LogP) is 0.443. The number of aryl methyl sites for hydroxylation is 1. The molecule has 0 aliphatic rings. The summed E-state index contributed by atoms with van der Waals surface area (Å²) in [6.45, 7) is 2.56. The first-order chi connectivity index (χ1) is 9.01. The van der Waals surface area contributed by atoms with Crippen molar-refractivity contribution < 1.29 is 8.42 Å². The third-order valence-corrected chi connectivity index (χ3v) is 3.54. The molecule has 0 radical (unpaired) electrons. The maximum atomic E-state index is 12.0. The van der Waals surface area contributed by atoms with E-state index >= 15 is 0 Å². The molecule has 2 heterocycles. The van der Waals surface area contributed by atoms with E-state index in [1.807, 2.05) is 6.92 Å². The normalized spacial score (nSPS) is 11.3. The summed E-state index contributed by atoms with van der Waals surface area (Å²) in [5.74, 6) is 0.637. The van der Waals surface area contributed by atoms with Crippen molar-refractivity contribution in [2.45, 2.75) is 11.8 Å². The van der Waals surface area contributed by atoms with Crippen molar-refractivity contribution in [3.63, 3.8) is 0 Å². The van der Waals surface area contributed by atoms with Crippen LogP contribution in [-0.4, -0.2) is 34.7 Å². The molecule has 102 valence electrons. The lowest BCUT2D eigenvalue weighted by Gasteiger charge is -2.05. The summed E-state index contributed by atoms with van der Waals surface area (Å²) in [5.41, 5.74) is 0. The van der Waals surface area contributed by atoms with Crippen LogP contribution in [0.4, 0.5) is 11.8 Å². The van der Waals surface area contributed by atoms with Gasteiger partial charge < -0.3 is 5.32 Å². The molecule has 0 amide bonds. The van der Waals surface area contributed by atoms with Gasteiger partial charge in [0.1, 0.15) is 4.90 Å².